The molecule has 0 bridgehead atoms. The fraction of sp³-hybridized carbons (Fsp3) is 0.467. The Labute approximate surface area is 118 Å². The molecule has 108 valence electrons. The number of unbranched alkanes of at least 4 members (excludes halogenated alkanes) is 1. The third-order valence-corrected chi connectivity index (χ3v) is 3.24. The predicted octanol–water partition coefficient (Wildman–Crippen LogP) is 2.56. The molecule has 0 radical (unpaired) electrons. The molecule has 20 heavy (non-hydrogen) atoms. The fourth-order valence-electron chi connectivity index (χ4n) is 2.19. The maximum Gasteiger partial charge on any atom is 0.224 e. The molecule has 0 saturated carbocycles. The summed E-state index contributed by atoms with van der Waals surface area (Å²) in [5, 5.41) is 2.85. The minimum absolute atomic E-state index is 0.00530. The Morgan fingerprint density at radius 2 is 2.20 bits per heavy atom. The molecule has 5 nitrogen and oxygen atoms in total. The van der Waals surface area contributed by atoms with Gasteiger partial charge in [0.25, 0.3) is 0 Å². The molecule has 0 spiro atoms. The number of carbonyl (C=O) groups is 2. The van der Waals surface area contributed by atoms with Crippen LogP contribution >= 0.6 is 0 Å². The first kappa shape index (κ1) is 14.4. The summed E-state index contributed by atoms with van der Waals surface area (Å²) < 4.78 is 5.56. The van der Waals surface area contributed by atoms with Crippen molar-refractivity contribution in [1.82, 2.24) is 0 Å². The first-order chi connectivity index (χ1) is 9.61. The number of benzene rings is 1. The van der Waals surface area contributed by atoms with Crippen LogP contribution in [0.2, 0.25) is 0 Å². The Morgan fingerprint density at radius 3 is 2.90 bits per heavy atom. The molecule has 1 aromatic carbocycles. The summed E-state index contributed by atoms with van der Waals surface area (Å²) >= 11 is 0. The van der Waals surface area contributed by atoms with Crippen LogP contribution in [0.5, 0.6) is 5.75 Å². The smallest absolute Gasteiger partial charge is 0.224 e. The van der Waals surface area contributed by atoms with Gasteiger partial charge in [-0.25, -0.2) is 0 Å². The lowest BCUT2D eigenvalue weighted by atomic mass is 10.2. The van der Waals surface area contributed by atoms with Crippen molar-refractivity contribution in [3.63, 3.8) is 0 Å². The van der Waals surface area contributed by atoms with Gasteiger partial charge in [-0.1, -0.05) is 13.3 Å². The highest BCUT2D eigenvalue weighted by Gasteiger charge is 2.21. The summed E-state index contributed by atoms with van der Waals surface area (Å²) in [6.07, 6.45) is 2.40. The second kappa shape index (κ2) is 6.41. The van der Waals surface area contributed by atoms with Crippen LogP contribution in [0.1, 0.15) is 33.1 Å². The van der Waals surface area contributed by atoms with Crippen LogP contribution in [0, 0.1) is 0 Å². The van der Waals surface area contributed by atoms with Gasteiger partial charge in [-0.15, -0.1) is 0 Å². The molecule has 0 saturated heterocycles. The molecule has 1 N–H and O–H groups in total. The number of fused-ring (bicyclic) bond motifs is 1. The van der Waals surface area contributed by atoms with Crippen LogP contribution in [0.4, 0.5) is 11.4 Å². The first-order valence-corrected chi connectivity index (χ1v) is 6.96. The maximum atomic E-state index is 11.7. The second-order valence-electron chi connectivity index (χ2n) is 4.85. The summed E-state index contributed by atoms with van der Waals surface area (Å²) in [6.45, 7) is 4.62. The molecular weight excluding hydrogens is 256 g/mol. The number of carbonyl (C=O) groups excluding carboxylic acids is 2. The van der Waals surface area contributed by atoms with E-state index in [2.05, 4.69) is 12.2 Å². The van der Waals surface area contributed by atoms with Gasteiger partial charge >= 0.3 is 0 Å². The Balaban J connectivity index is 2.11. The average molecular weight is 276 g/mol. The van der Waals surface area contributed by atoms with E-state index in [1.54, 1.807) is 17.0 Å². The van der Waals surface area contributed by atoms with Crippen LogP contribution in [-0.2, 0) is 9.59 Å². The van der Waals surface area contributed by atoms with Gasteiger partial charge in [0.2, 0.25) is 11.8 Å². The highest BCUT2D eigenvalue weighted by molar-refractivity contribution is 5.95. The van der Waals surface area contributed by atoms with E-state index in [0.29, 0.717) is 31.0 Å². The Hall–Kier alpha value is -2.04. The van der Waals surface area contributed by atoms with E-state index in [4.69, 9.17) is 4.74 Å². The first-order valence-electron chi connectivity index (χ1n) is 6.96. The van der Waals surface area contributed by atoms with Crippen molar-refractivity contribution in [3.8, 4) is 5.75 Å². The summed E-state index contributed by atoms with van der Waals surface area (Å²) in [5.74, 6) is 0.639. The van der Waals surface area contributed by atoms with Gasteiger partial charge in [0.15, 0.2) is 0 Å². The van der Waals surface area contributed by atoms with Crippen LogP contribution in [0.25, 0.3) is 0 Å². The van der Waals surface area contributed by atoms with E-state index < -0.39 is 0 Å². The van der Waals surface area contributed by atoms with Gasteiger partial charge in [-0.3, -0.25) is 9.59 Å². The number of anilines is 2. The molecule has 5 heteroatoms. The summed E-state index contributed by atoms with van der Waals surface area (Å²) in [4.78, 5) is 24.9. The van der Waals surface area contributed by atoms with Crippen molar-refractivity contribution in [2.75, 3.05) is 23.4 Å². The quantitative estimate of drug-likeness (QED) is 0.919. The van der Waals surface area contributed by atoms with Crippen molar-refractivity contribution in [2.45, 2.75) is 33.1 Å². The third kappa shape index (κ3) is 3.29. The number of rotatable bonds is 4. The number of ether oxygens (including phenoxy) is 1. The second-order valence-corrected chi connectivity index (χ2v) is 4.85. The SMILES string of the molecule is CCCCC(=O)Nc1ccc2c(c1)OCCN2C(C)=O. The molecule has 1 heterocycles. The molecular formula is C15H20N2O3. The predicted molar refractivity (Wildman–Crippen MR) is 78.1 cm³/mol. The van der Waals surface area contributed by atoms with E-state index in [1.165, 1.54) is 6.92 Å². The number of nitrogens with one attached hydrogen (secondary N) is 1. The van der Waals surface area contributed by atoms with Crippen molar-refractivity contribution in [1.29, 1.82) is 0 Å². The van der Waals surface area contributed by atoms with Crippen LogP contribution in [0.3, 0.4) is 0 Å². The summed E-state index contributed by atoms with van der Waals surface area (Å²) in [7, 11) is 0. The molecule has 0 unspecified atom stereocenters. The van der Waals surface area contributed by atoms with E-state index in [1.807, 2.05) is 6.07 Å². The van der Waals surface area contributed by atoms with Crippen molar-refractivity contribution >= 4 is 23.2 Å². The van der Waals surface area contributed by atoms with Gasteiger partial charge in [-0.05, 0) is 18.6 Å². The number of hydrogen-bond donors (Lipinski definition) is 1. The summed E-state index contributed by atoms with van der Waals surface area (Å²) in [6, 6.07) is 5.38. The Kier molecular flexibility index (Phi) is 4.61. The third-order valence-electron chi connectivity index (χ3n) is 3.24. The highest BCUT2D eigenvalue weighted by Crippen LogP contribution is 2.34. The topological polar surface area (TPSA) is 58.6 Å². The van der Waals surface area contributed by atoms with Crippen LogP contribution in [-0.4, -0.2) is 25.0 Å². The maximum absolute atomic E-state index is 11.7. The van der Waals surface area contributed by atoms with Crippen molar-refractivity contribution < 1.29 is 14.3 Å². The molecule has 0 aliphatic carbocycles. The molecule has 1 aliphatic heterocycles. The van der Waals surface area contributed by atoms with Crippen molar-refractivity contribution in [3.05, 3.63) is 18.2 Å². The van der Waals surface area contributed by atoms with E-state index in [-0.39, 0.29) is 11.8 Å². The number of nitrogens with zero attached hydrogens (tertiary/aromatic N) is 1. The van der Waals surface area contributed by atoms with Crippen LogP contribution < -0.4 is 15.0 Å². The lowest BCUT2D eigenvalue weighted by molar-refractivity contribution is -0.117. The number of hydrogen-bond acceptors (Lipinski definition) is 3. The monoisotopic (exact) mass is 276 g/mol. The zero-order valence-corrected chi connectivity index (χ0v) is 11.9. The minimum atomic E-state index is -0.00530. The van der Waals surface area contributed by atoms with Gasteiger partial charge in [0.1, 0.15) is 12.4 Å². The molecule has 2 amide bonds. The van der Waals surface area contributed by atoms with Gasteiger partial charge in [-0.2, -0.15) is 0 Å². The van der Waals surface area contributed by atoms with Gasteiger partial charge in [0.05, 0.1) is 12.2 Å². The van der Waals surface area contributed by atoms with E-state index in [9.17, 15) is 9.59 Å². The van der Waals surface area contributed by atoms with E-state index in [0.717, 1.165) is 18.5 Å². The standard InChI is InChI=1S/C15H20N2O3/c1-3-4-5-15(19)16-12-6-7-13-14(10-12)20-9-8-17(13)11(2)18/h6-7,10H,3-5,8-9H2,1-2H3,(H,16,19). The molecule has 0 aromatic heterocycles. The van der Waals surface area contributed by atoms with Crippen LogP contribution in [0.15, 0.2) is 18.2 Å². The normalized spacial score (nSPS) is 13.4. The molecule has 0 atom stereocenters. The Bertz CT molecular complexity index is 514. The average Bonchev–Trinajstić information content (AvgIpc) is 2.44. The fourth-order valence-corrected chi connectivity index (χ4v) is 2.19. The lowest BCUT2D eigenvalue weighted by Crippen LogP contribution is -2.36. The number of amides is 2. The largest absolute Gasteiger partial charge is 0.489 e. The minimum Gasteiger partial charge on any atom is -0.489 e. The zero-order chi connectivity index (χ0) is 14.5. The Morgan fingerprint density at radius 1 is 1.40 bits per heavy atom. The lowest BCUT2D eigenvalue weighted by Gasteiger charge is -2.29. The van der Waals surface area contributed by atoms with E-state index >= 15 is 0 Å². The van der Waals surface area contributed by atoms with Gasteiger partial charge in [0, 0.05) is 25.1 Å². The zero-order valence-electron chi connectivity index (χ0n) is 11.9. The molecule has 2 rings (SSSR count). The molecule has 1 aliphatic rings. The molecule has 0 fully saturated rings. The van der Waals surface area contributed by atoms with Gasteiger partial charge < -0.3 is 15.0 Å². The van der Waals surface area contributed by atoms with Crippen molar-refractivity contribution in [2.24, 2.45) is 0 Å². The highest BCUT2D eigenvalue weighted by atomic mass is 16.5. The molecule has 1 aromatic rings. The summed E-state index contributed by atoms with van der Waals surface area (Å²) in [5.41, 5.74) is 1.46.